The molecule has 0 radical (unpaired) electrons. The number of aromatic nitrogens is 2. The van der Waals surface area contributed by atoms with Crippen molar-refractivity contribution in [2.75, 3.05) is 6.61 Å². The predicted molar refractivity (Wildman–Crippen MR) is 132 cm³/mol. The fourth-order valence-corrected chi connectivity index (χ4v) is 3.95. The van der Waals surface area contributed by atoms with Crippen LogP contribution in [0.5, 0.6) is 5.75 Å². The van der Waals surface area contributed by atoms with E-state index in [0.29, 0.717) is 19.6 Å². The lowest BCUT2D eigenvalue weighted by atomic mass is 10.1. The average Bonchev–Trinajstić information content (AvgIpc) is 3.20. The van der Waals surface area contributed by atoms with Crippen LogP contribution in [0.25, 0.3) is 11.0 Å². The Balaban J connectivity index is 1.31. The number of fused-ring (bicyclic) bond motifs is 1. The van der Waals surface area contributed by atoms with Gasteiger partial charge in [0.2, 0.25) is 5.91 Å². The minimum Gasteiger partial charge on any atom is -0.493 e. The monoisotopic (exact) mass is 441 g/mol. The van der Waals surface area contributed by atoms with E-state index < -0.39 is 0 Å². The van der Waals surface area contributed by atoms with Gasteiger partial charge in [-0.3, -0.25) is 4.79 Å². The minimum atomic E-state index is 0.0455. The molecule has 0 aliphatic carbocycles. The lowest BCUT2D eigenvalue weighted by molar-refractivity contribution is -0.121. The summed E-state index contributed by atoms with van der Waals surface area (Å²) in [4.78, 5) is 17.2. The van der Waals surface area contributed by atoms with E-state index >= 15 is 0 Å². The average molecular weight is 442 g/mol. The van der Waals surface area contributed by atoms with Crippen molar-refractivity contribution >= 4 is 16.9 Å². The van der Waals surface area contributed by atoms with Gasteiger partial charge in [0.1, 0.15) is 11.6 Å². The maximum atomic E-state index is 12.4. The number of nitrogens with one attached hydrogen (secondary N) is 1. The molecule has 0 unspecified atom stereocenters. The van der Waals surface area contributed by atoms with Crippen LogP contribution < -0.4 is 10.1 Å². The second kappa shape index (κ2) is 11.3. The number of hydrogen-bond donors (Lipinski definition) is 1. The predicted octanol–water partition coefficient (Wildman–Crippen LogP) is 5.45. The van der Waals surface area contributed by atoms with E-state index in [4.69, 9.17) is 9.72 Å². The summed E-state index contributed by atoms with van der Waals surface area (Å²) in [7, 11) is 0. The van der Waals surface area contributed by atoms with E-state index in [1.165, 1.54) is 5.56 Å². The standard InChI is InChI=1S/C28H31N3O2/c1-22-11-5-8-16-26(22)33-20-10-9-19-31-25-15-7-6-14-24(25)30-27(31)21-29-28(32)18-17-23-12-3-2-4-13-23/h2-8,11-16H,9-10,17-21H2,1H3,(H,29,32). The molecule has 4 aromatic rings. The van der Waals surface area contributed by atoms with Crippen molar-refractivity contribution in [2.24, 2.45) is 0 Å². The molecule has 0 bridgehead atoms. The Bertz CT molecular complexity index is 1180. The Morgan fingerprint density at radius 1 is 0.939 bits per heavy atom. The molecule has 3 aromatic carbocycles. The van der Waals surface area contributed by atoms with Gasteiger partial charge in [0, 0.05) is 13.0 Å². The van der Waals surface area contributed by atoms with Gasteiger partial charge in [-0.2, -0.15) is 0 Å². The number of carbonyl (C=O) groups is 1. The summed E-state index contributed by atoms with van der Waals surface area (Å²) in [5.74, 6) is 1.89. The van der Waals surface area contributed by atoms with Crippen molar-refractivity contribution in [1.29, 1.82) is 0 Å². The number of amides is 1. The third-order valence-corrected chi connectivity index (χ3v) is 5.79. The molecular weight excluding hydrogens is 410 g/mol. The summed E-state index contributed by atoms with van der Waals surface area (Å²) in [5.41, 5.74) is 4.39. The van der Waals surface area contributed by atoms with Crippen molar-refractivity contribution in [2.45, 2.75) is 45.7 Å². The Kier molecular flexibility index (Phi) is 7.75. The Hall–Kier alpha value is -3.60. The van der Waals surface area contributed by atoms with E-state index in [1.807, 2.05) is 54.6 Å². The topological polar surface area (TPSA) is 56.1 Å². The number of aryl methyl sites for hydroxylation is 3. The summed E-state index contributed by atoms with van der Waals surface area (Å²) >= 11 is 0. The van der Waals surface area contributed by atoms with Gasteiger partial charge in [0.25, 0.3) is 0 Å². The van der Waals surface area contributed by atoms with Gasteiger partial charge in [-0.15, -0.1) is 0 Å². The van der Waals surface area contributed by atoms with Crippen LogP contribution in [0.1, 0.15) is 36.2 Å². The van der Waals surface area contributed by atoms with Crippen molar-refractivity contribution in [3.63, 3.8) is 0 Å². The first-order valence-corrected chi connectivity index (χ1v) is 11.6. The molecule has 0 fully saturated rings. The molecule has 170 valence electrons. The fourth-order valence-electron chi connectivity index (χ4n) is 3.95. The number of carbonyl (C=O) groups excluding carboxylic acids is 1. The second-order valence-corrected chi connectivity index (χ2v) is 8.25. The lowest BCUT2D eigenvalue weighted by Gasteiger charge is -2.12. The molecule has 5 nitrogen and oxygen atoms in total. The molecular formula is C28H31N3O2. The molecule has 1 heterocycles. The van der Waals surface area contributed by atoms with E-state index in [-0.39, 0.29) is 5.91 Å². The van der Waals surface area contributed by atoms with Crippen LogP contribution in [0, 0.1) is 6.92 Å². The van der Waals surface area contributed by atoms with Crippen LogP contribution in [-0.2, 0) is 24.3 Å². The highest BCUT2D eigenvalue weighted by molar-refractivity contribution is 5.77. The summed E-state index contributed by atoms with van der Waals surface area (Å²) in [5, 5.41) is 3.05. The second-order valence-electron chi connectivity index (χ2n) is 8.25. The SMILES string of the molecule is Cc1ccccc1OCCCCn1c(CNC(=O)CCc2ccccc2)nc2ccccc21. The Morgan fingerprint density at radius 2 is 1.70 bits per heavy atom. The number of para-hydroxylation sites is 3. The van der Waals surface area contributed by atoms with Crippen molar-refractivity contribution in [3.05, 3.63) is 95.8 Å². The third kappa shape index (κ3) is 6.22. The van der Waals surface area contributed by atoms with Crippen molar-refractivity contribution in [3.8, 4) is 5.75 Å². The first-order valence-electron chi connectivity index (χ1n) is 11.6. The van der Waals surface area contributed by atoms with Crippen LogP contribution in [0.3, 0.4) is 0 Å². The molecule has 0 aliphatic heterocycles. The fraction of sp³-hybridized carbons (Fsp3) is 0.286. The Labute approximate surface area is 195 Å². The summed E-state index contributed by atoms with van der Waals surface area (Å²) in [6.45, 7) is 4.02. The maximum Gasteiger partial charge on any atom is 0.220 e. The summed E-state index contributed by atoms with van der Waals surface area (Å²) in [6.07, 6.45) is 3.13. The third-order valence-electron chi connectivity index (χ3n) is 5.79. The van der Waals surface area contributed by atoms with Gasteiger partial charge >= 0.3 is 0 Å². The van der Waals surface area contributed by atoms with E-state index in [1.54, 1.807) is 0 Å². The number of rotatable bonds is 11. The van der Waals surface area contributed by atoms with Crippen molar-refractivity contribution in [1.82, 2.24) is 14.9 Å². The van der Waals surface area contributed by atoms with Crippen LogP contribution in [-0.4, -0.2) is 22.1 Å². The zero-order valence-corrected chi connectivity index (χ0v) is 19.2. The summed E-state index contributed by atoms with van der Waals surface area (Å²) in [6, 6.07) is 26.3. The Morgan fingerprint density at radius 3 is 2.55 bits per heavy atom. The molecule has 0 saturated heterocycles. The van der Waals surface area contributed by atoms with Crippen LogP contribution in [0.15, 0.2) is 78.9 Å². The largest absolute Gasteiger partial charge is 0.493 e. The molecule has 5 heteroatoms. The first-order chi connectivity index (χ1) is 16.2. The van der Waals surface area contributed by atoms with Crippen LogP contribution >= 0.6 is 0 Å². The molecule has 0 saturated carbocycles. The zero-order valence-electron chi connectivity index (χ0n) is 19.2. The number of nitrogens with zero attached hydrogens (tertiary/aromatic N) is 2. The zero-order chi connectivity index (χ0) is 22.9. The molecule has 4 rings (SSSR count). The number of unbranched alkanes of at least 4 members (excludes halogenated alkanes) is 1. The quantitative estimate of drug-likeness (QED) is 0.315. The highest BCUT2D eigenvalue weighted by Crippen LogP contribution is 2.19. The van der Waals surface area contributed by atoms with Gasteiger partial charge in [-0.05, 0) is 55.5 Å². The number of benzene rings is 3. The van der Waals surface area contributed by atoms with Crippen LogP contribution in [0.4, 0.5) is 0 Å². The van der Waals surface area contributed by atoms with Gasteiger partial charge in [-0.1, -0.05) is 60.7 Å². The normalized spacial score (nSPS) is 10.9. The smallest absolute Gasteiger partial charge is 0.220 e. The molecule has 1 aromatic heterocycles. The van der Waals surface area contributed by atoms with Gasteiger partial charge in [0.05, 0.1) is 24.2 Å². The lowest BCUT2D eigenvalue weighted by Crippen LogP contribution is -2.25. The van der Waals surface area contributed by atoms with Gasteiger partial charge in [-0.25, -0.2) is 4.98 Å². The van der Waals surface area contributed by atoms with Gasteiger partial charge < -0.3 is 14.6 Å². The van der Waals surface area contributed by atoms with Gasteiger partial charge in [0.15, 0.2) is 0 Å². The summed E-state index contributed by atoms with van der Waals surface area (Å²) < 4.78 is 8.16. The molecule has 1 N–H and O–H groups in total. The number of ether oxygens (including phenoxy) is 1. The van der Waals surface area contributed by atoms with Crippen molar-refractivity contribution < 1.29 is 9.53 Å². The molecule has 0 atom stereocenters. The molecule has 1 amide bonds. The molecule has 0 aliphatic rings. The maximum absolute atomic E-state index is 12.4. The van der Waals surface area contributed by atoms with E-state index in [2.05, 4.69) is 41.1 Å². The first kappa shape index (κ1) is 22.6. The highest BCUT2D eigenvalue weighted by atomic mass is 16.5. The van der Waals surface area contributed by atoms with E-state index in [9.17, 15) is 4.79 Å². The number of imidazole rings is 1. The van der Waals surface area contributed by atoms with E-state index in [0.717, 1.165) is 54.0 Å². The highest BCUT2D eigenvalue weighted by Gasteiger charge is 2.12. The molecule has 33 heavy (non-hydrogen) atoms. The molecule has 0 spiro atoms. The number of hydrogen-bond acceptors (Lipinski definition) is 3. The van der Waals surface area contributed by atoms with Crippen LogP contribution in [0.2, 0.25) is 0 Å². The minimum absolute atomic E-state index is 0.0455.